The smallest absolute Gasteiger partial charge is 0.322 e. The van der Waals surface area contributed by atoms with Gasteiger partial charge < -0.3 is 19.7 Å². The molecule has 7 heteroatoms. The van der Waals surface area contributed by atoms with Gasteiger partial charge in [-0.1, -0.05) is 24.3 Å². The maximum absolute atomic E-state index is 12.9. The van der Waals surface area contributed by atoms with Gasteiger partial charge in [0.2, 0.25) is 5.88 Å². The van der Waals surface area contributed by atoms with Gasteiger partial charge in [0.1, 0.15) is 11.4 Å². The summed E-state index contributed by atoms with van der Waals surface area (Å²) in [6.45, 7) is 1.21. The second-order valence-corrected chi connectivity index (χ2v) is 5.94. The van der Waals surface area contributed by atoms with Gasteiger partial charge in [0.15, 0.2) is 0 Å². The molecule has 0 atom stereocenters. The molecule has 2 aromatic heterocycles. The number of carbonyl (C=O) groups excluding carboxylic acids is 1. The molecule has 1 aromatic carbocycles. The van der Waals surface area contributed by atoms with Crippen LogP contribution < -0.4 is 10.1 Å². The Morgan fingerprint density at radius 2 is 1.79 bits per heavy atom. The number of urea groups is 1. The quantitative estimate of drug-likeness (QED) is 0.642. The Labute approximate surface area is 164 Å². The van der Waals surface area contributed by atoms with Crippen LogP contribution in [0.3, 0.4) is 0 Å². The van der Waals surface area contributed by atoms with Crippen LogP contribution in [0.5, 0.6) is 11.6 Å². The number of carbonyl (C=O) groups is 1. The first-order valence-corrected chi connectivity index (χ1v) is 8.89. The summed E-state index contributed by atoms with van der Waals surface area (Å²) in [4.78, 5) is 23.0. The van der Waals surface area contributed by atoms with Crippen molar-refractivity contribution in [2.24, 2.45) is 0 Å². The number of benzene rings is 1. The van der Waals surface area contributed by atoms with E-state index in [9.17, 15) is 4.79 Å². The fourth-order valence-electron chi connectivity index (χ4n) is 2.50. The number of nitrogens with one attached hydrogen (secondary N) is 1. The van der Waals surface area contributed by atoms with Crippen LogP contribution in [0.4, 0.5) is 10.5 Å². The van der Waals surface area contributed by atoms with Crippen molar-refractivity contribution in [3.63, 3.8) is 0 Å². The van der Waals surface area contributed by atoms with Crippen LogP contribution in [-0.4, -0.2) is 41.2 Å². The summed E-state index contributed by atoms with van der Waals surface area (Å²) in [5.41, 5.74) is 1.28. The van der Waals surface area contributed by atoms with Gasteiger partial charge in [0.05, 0.1) is 18.8 Å². The van der Waals surface area contributed by atoms with Crippen molar-refractivity contribution in [2.75, 3.05) is 25.6 Å². The van der Waals surface area contributed by atoms with E-state index in [0.29, 0.717) is 37.0 Å². The first-order valence-electron chi connectivity index (χ1n) is 8.89. The fraction of sp³-hybridized carbons (Fsp3) is 0.190. The number of hydrogen-bond acceptors (Lipinski definition) is 5. The average molecular weight is 378 g/mol. The Balaban J connectivity index is 1.74. The van der Waals surface area contributed by atoms with E-state index in [0.717, 1.165) is 5.69 Å². The molecule has 144 valence electrons. The van der Waals surface area contributed by atoms with E-state index in [-0.39, 0.29) is 6.03 Å². The Bertz CT molecular complexity index is 875. The molecule has 0 saturated heterocycles. The zero-order valence-corrected chi connectivity index (χ0v) is 15.6. The average Bonchev–Trinajstić information content (AvgIpc) is 2.74. The maximum Gasteiger partial charge on any atom is 0.322 e. The van der Waals surface area contributed by atoms with Crippen LogP contribution in [0.1, 0.15) is 5.69 Å². The summed E-state index contributed by atoms with van der Waals surface area (Å²) >= 11 is 0. The van der Waals surface area contributed by atoms with Crippen LogP contribution >= 0.6 is 0 Å². The molecule has 3 rings (SSSR count). The molecular formula is C21H22N4O3. The number of aromatic nitrogens is 2. The van der Waals surface area contributed by atoms with Crippen LogP contribution in [0.15, 0.2) is 73.1 Å². The van der Waals surface area contributed by atoms with Crippen molar-refractivity contribution in [3.05, 3.63) is 78.8 Å². The Kier molecular flexibility index (Phi) is 6.92. The number of rotatable bonds is 8. The van der Waals surface area contributed by atoms with E-state index in [1.165, 1.54) is 0 Å². The van der Waals surface area contributed by atoms with Crippen molar-refractivity contribution < 1.29 is 14.3 Å². The monoisotopic (exact) mass is 378 g/mol. The molecule has 28 heavy (non-hydrogen) atoms. The first-order chi connectivity index (χ1) is 13.8. The molecule has 1 N–H and O–H groups in total. The van der Waals surface area contributed by atoms with Crippen molar-refractivity contribution in [1.29, 1.82) is 0 Å². The number of anilines is 1. The predicted octanol–water partition coefficient (Wildman–Crippen LogP) is 3.95. The highest BCUT2D eigenvalue weighted by Gasteiger charge is 2.17. The van der Waals surface area contributed by atoms with E-state index >= 15 is 0 Å². The molecule has 0 aliphatic heterocycles. The van der Waals surface area contributed by atoms with E-state index < -0.39 is 0 Å². The number of hydrogen-bond donors (Lipinski definition) is 1. The van der Waals surface area contributed by atoms with Crippen molar-refractivity contribution in [1.82, 2.24) is 14.9 Å². The molecule has 2 amide bonds. The van der Waals surface area contributed by atoms with Gasteiger partial charge in [-0.05, 0) is 36.4 Å². The molecule has 0 radical (unpaired) electrons. The molecule has 0 aliphatic carbocycles. The summed E-state index contributed by atoms with van der Waals surface area (Å²) in [6, 6.07) is 18.1. The Hall–Kier alpha value is -3.45. The molecule has 0 fully saturated rings. The first kappa shape index (κ1) is 19.3. The van der Waals surface area contributed by atoms with Gasteiger partial charge in [0, 0.05) is 26.0 Å². The van der Waals surface area contributed by atoms with E-state index in [4.69, 9.17) is 9.47 Å². The summed E-state index contributed by atoms with van der Waals surface area (Å²) in [5, 5.41) is 2.88. The van der Waals surface area contributed by atoms with Crippen molar-refractivity contribution in [3.8, 4) is 11.6 Å². The number of pyridine rings is 2. The van der Waals surface area contributed by atoms with E-state index in [2.05, 4.69) is 15.3 Å². The largest absolute Gasteiger partial charge is 0.437 e. The number of para-hydroxylation sites is 1. The lowest BCUT2D eigenvalue weighted by Gasteiger charge is -2.23. The highest BCUT2D eigenvalue weighted by atomic mass is 16.5. The summed E-state index contributed by atoms with van der Waals surface area (Å²) in [6.07, 6.45) is 3.32. The Morgan fingerprint density at radius 1 is 1.00 bits per heavy atom. The lowest BCUT2D eigenvalue weighted by atomic mass is 10.3. The summed E-state index contributed by atoms with van der Waals surface area (Å²) in [7, 11) is 1.60. The van der Waals surface area contributed by atoms with Crippen LogP contribution in [0.25, 0.3) is 0 Å². The predicted molar refractivity (Wildman–Crippen MR) is 106 cm³/mol. The minimum Gasteiger partial charge on any atom is -0.437 e. The zero-order chi connectivity index (χ0) is 19.6. The standard InChI is InChI=1S/C21H22N4O3/c1-27-15-14-25(16-17-8-5-6-12-22-17)21(26)24-19-11-7-13-23-20(19)28-18-9-3-2-4-10-18/h2-13H,14-16H2,1H3,(H,24,26). The molecule has 0 aliphatic rings. The third kappa shape index (κ3) is 5.52. The van der Waals surface area contributed by atoms with Crippen LogP contribution in [-0.2, 0) is 11.3 Å². The molecule has 7 nitrogen and oxygen atoms in total. The molecule has 0 unspecified atom stereocenters. The van der Waals surface area contributed by atoms with Gasteiger partial charge in [-0.25, -0.2) is 9.78 Å². The van der Waals surface area contributed by atoms with Crippen LogP contribution in [0.2, 0.25) is 0 Å². The van der Waals surface area contributed by atoms with Crippen molar-refractivity contribution >= 4 is 11.7 Å². The maximum atomic E-state index is 12.9. The lowest BCUT2D eigenvalue weighted by Crippen LogP contribution is -2.37. The topological polar surface area (TPSA) is 76.6 Å². The number of ether oxygens (including phenoxy) is 2. The van der Waals surface area contributed by atoms with Gasteiger partial charge in [0.25, 0.3) is 0 Å². The molecule has 2 heterocycles. The van der Waals surface area contributed by atoms with Gasteiger partial charge >= 0.3 is 6.03 Å². The minimum atomic E-state index is -0.284. The third-order valence-electron chi connectivity index (χ3n) is 3.90. The highest BCUT2D eigenvalue weighted by molar-refractivity contribution is 5.90. The molecule has 0 bridgehead atoms. The normalized spacial score (nSPS) is 10.3. The second-order valence-electron chi connectivity index (χ2n) is 5.94. The lowest BCUT2D eigenvalue weighted by molar-refractivity contribution is 0.152. The van der Waals surface area contributed by atoms with Gasteiger partial charge in [-0.15, -0.1) is 0 Å². The van der Waals surface area contributed by atoms with E-state index in [1.807, 2.05) is 48.5 Å². The van der Waals surface area contributed by atoms with Gasteiger partial charge in [-0.3, -0.25) is 4.98 Å². The third-order valence-corrected chi connectivity index (χ3v) is 3.90. The van der Waals surface area contributed by atoms with Crippen LogP contribution in [0, 0.1) is 0 Å². The van der Waals surface area contributed by atoms with Gasteiger partial charge in [-0.2, -0.15) is 0 Å². The zero-order valence-electron chi connectivity index (χ0n) is 15.6. The Morgan fingerprint density at radius 3 is 2.54 bits per heavy atom. The molecular weight excluding hydrogens is 356 g/mol. The molecule has 0 spiro atoms. The number of methoxy groups -OCH3 is 1. The number of nitrogens with zero attached hydrogens (tertiary/aromatic N) is 3. The SMILES string of the molecule is COCCN(Cc1ccccn1)C(=O)Nc1cccnc1Oc1ccccc1. The molecule has 3 aromatic rings. The summed E-state index contributed by atoms with van der Waals surface area (Å²) < 4.78 is 10.9. The minimum absolute atomic E-state index is 0.284. The molecule has 0 saturated carbocycles. The van der Waals surface area contributed by atoms with Crippen molar-refractivity contribution in [2.45, 2.75) is 6.54 Å². The highest BCUT2D eigenvalue weighted by Crippen LogP contribution is 2.26. The summed E-state index contributed by atoms with van der Waals surface area (Å²) in [5.74, 6) is 0.966. The number of amides is 2. The fourth-order valence-corrected chi connectivity index (χ4v) is 2.50. The second kappa shape index (κ2) is 10.0. The van der Waals surface area contributed by atoms with E-state index in [1.54, 1.807) is 36.5 Å².